The van der Waals surface area contributed by atoms with Crippen molar-refractivity contribution in [3.63, 3.8) is 0 Å². The average molecular weight is 2060 g/mol. The molecule has 12 unspecified atom stereocenters. The fourth-order valence-electron chi connectivity index (χ4n) is 18.3. The van der Waals surface area contributed by atoms with E-state index < -0.39 is 23.4 Å². The van der Waals surface area contributed by atoms with E-state index in [0.29, 0.717) is 136 Å². The summed E-state index contributed by atoms with van der Waals surface area (Å²) in [6, 6.07) is 1.20. The molecule has 47 heteroatoms. The molecule has 0 saturated carbocycles. The number of carbonyl (C=O) groups excluding carboxylic acids is 3. The molecule has 10 aromatic heterocycles. The van der Waals surface area contributed by atoms with Crippen LogP contribution in [0.5, 0.6) is 30.1 Å². The number of aliphatic hydroxyl groups is 2. The van der Waals surface area contributed by atoms with Gasteiger partial charge in [-0.2, -0.15) is 29.4 Å². The predicted molar refractivity (Wildman–Crippen MR) is 564 cm³/mol. The minimum absolute atomic E-state index is 0.00264. The first-order chi connectivity index (χ1) is 69.5. The quantitative estimate of drug-likeness (QED) is 0.0130. The number of rotatable bonds is 35. The van der Waals surface area contributed by atoms with E-state index >= 15 is 0 Å². The van der Waals surface area contributed by atoms with Crippen molar-refractivity contribution in [1.82, 2.24) is 124 Å². The molecule has 0 spiro atoms. The number of nitrogens with one attached hydrogen (secondary N) is 5. The second kappa shape index (κ2) is 55.3. The summed E-state index contributed by atoms with van der Waals surface area (Å²) in [6.45, 7) is 50.6. The van der Waals surface area contributed by atoms with E-state index in [1.165, 1.54) is 31.7 Å². The number of hydrogen-bond acceptors (Lipinski definition) is 35. The second-order valence-electron chi connectivity index (χ2n) is 40.9. The molecule has 5 aliphatic rings. The van der Waals surface area contributed by atoms with Crippen molar-refractivity contribution in [2.24, 2.45) is 59.2 Å². The molecule has 15 heterocycles. The van der Waals surface area contributed by atoms with Gasteiger partial charge < -0.3 is 102 Å². The van der Waals surface area contributed by atoms with Crippen LogP contribution in [0.1, 0.15) is 277 Å². The van der Waals surface area contributed by atoms with Crippen LogP contribution in [-0.2, 0) is 27.1 Å². The topological polar surface area (TPSA) is 516 Å². The number of nitrogens with zero attached hydrogens (tertiary/aromatic N) is 22. The maximum Gasteiger partial charge on any atom is 0.410 e. The third kappa shape index (κ3) is 33.0. The number of piperidine rings is 5. The highest BCUT2D eigenvalue weighted by atomic mass is 79.9. The van der Waals surface area contributed by atoms with Crippen LogP contribution in [-0.4, -0.2) is 286 Å². The molecule has 5 aliphatic heterocycles. The van der Waals surface area contributed by atoms with Crippen molar-refractivity contribution in [1.29, 1.82) is 0 Å². The standard InChI is InChI=1S/C23H37B2N6O4.C17H28N6O2.2C17H28N6O.C12H21NO3.C11H15B2BrN5O/c1-7-8-15(3)34-21-28-19(27-13-25-24)20-26-11-17(31(20)29-21)18(32)16-9-10-30(12-14(16)2)22(33)35-23(4,5)6;1-4-5-11(3)25-17-21-15(18)16-20-9-13(23(16)22-17)14(24)12-6-7-19-8-10(12)2;2*1-4-5-12(3)24-17-21-15(18)16-20-10-14(23(16)22-17)8-13-6-7-19-9-11(13)2;1-9-7-13(6-5-10(9)8-14)11(15)16-12(2,3)4;1-3-4-7(2)20-11-17-9(16-6-13-12)10-15-5-8(14)19(10)18-11/h11,14-16,18,32H,7-10,12-13H2,1-6H3,(H,27,28,29);9-12,14,19,24H,4-8H2,1-3H3,(H2,18,21,22);2*10-13,19H,4-9H2,1-3H3,(H2,18,21,22);8-10H,5-7H2,1-4H3;5,7H,3-4,6H2,1-2H3,(H,16,17,18)/t14?,15-,16?,18?;10?,11-,12?,14?;2*11?,12-,13?;;7-/m0000.0/s1/i/hD2. The Morgan fingerprint density at radius 2 is 0.812 bits per heavy atom. The molecular formula is C97H157B4BrN30O12. The normalized spacial score (nSPS) is 21.4. The Bertz CT molecular complexity index is 5630. The maximum absolute atomic E-state index is 12.5. The van der Waals surface area contributed by atoms with Gasteiger partial charge in [0.1, 0.15) is 34.3 Å². The third-order valence-electron chi connectivity index (χ3n) is 26.2. The summed E-state index contributed by atoms with van der Waals surface area (Å²) >= 11 is 3.36. The fraction of sp³-hybridized carbons (Fsp3) is 0.711. The molecule has 0 aromatic carbocycles. The molecule has 0 bridgehead atoms. The molecule has 2 amide bonds. The fourth-order valence-corrected chi connectivity index (χ4v) is 18.6. The van der Waals surface area contributed by atoms with Crippen LogP contribution >= 0.6 is 15.9 Å². The molecule has 6 radical (unpaired) electrons. The number of nitrogen functional groups attached to an aromatic ring is 3. The van der Waals surface area contributed by atoms with Gasteiger partial charge in [0.15, 0.2) is 60.1 Å². The average Bonchev–Trinajstić information content (AvgIpc) is 1.62. The maximum atomic E-state index is 12.5. The Balaban J connectivity index is 0.000000182. The largest absolute Gasteiger partial charge is 0.459 e. The molecule has 17 atom stereocenters. The summed E-state index contributed by atoms with van der Waals surface area (Å²) in [4.78, 5) is 81.5. The van der Waals surface area contributed by atoms with E-state index in [2.05, 4.69) is 163 Å². The van der Waals surface area contributed by atoms with Crippen LogP contribution in [0.2, 0.25) is 2.82 Å². The Kier molecular flexibility index (Phi) is 43.1. The first-order valence-corrected chi connectivity index (χ1v) is 52.3. The number of amides is 2. The Morgan fingerprint density at radius 3 is 1.19 bits per heavy atom. The van der Waals surface area contributed by atoms with Crippen molar-refractivity contribution in [2.75, 3.05) is 106 Å². The lowest BCUT2D eigenvalue weighted by molar-refractivity contribution is -0.114. The van der Waals surface area contributed by atoms with Crippen LogP contribution in [0, 0.1) is 59.2 Å². The number of anilines is 5. The second-order valence-corrected chi connectivity index (χ2v) is 41.7. The number of aromatic nitrogens is 20. The summed E-state index contributed by atoms with van der Waals surface area (Å²) < 4.78 is 65.1. The smallest absolute Gasteiger partial charge is 0.410 e. The van der Waals surface area contributed by atoms with E-state index in [0.717, 1.165) is 157 Å². The molecular weight excluding hydrogens is 1900 g/mol. The number of ether oxygens (including phenoxy) is 7. The van der Waals surface area contributed by atoms with Crippen LogP contribution < -0.4 is 67.5 Å². The third-order valence-corrected chi connectivity index (χ3v) is 26.7. The lowest BCUT2D eigenvalue weighted by Crippen LogP contribution is -2.46. The molecule has 144 heavy (non-hydrogen) atoms. The zero-order chi connectivity index (χ0) is 107. The van der Waals surface area contributed by atoms with Crippen molar-refractivity contribution >= 4 is 122 Å². The number of halogens is 1. The monoisotopic (exact) mass is 2060 g/mol. The predicted octanol–water partition coefficient (Wildman–Crippen LogP) is 12.1. The highest BCUT2D eigenvalue weighted by molar-refractivity contribution is 9.10. The van der Waals surface area contributed by atoms with Crippen LogP contribution in [0.4, 0.5) is 38.7 Å². The molecule has 10 aromatic rings. The molecule has 15 rings (SSSR count). The first-order valence-electron chi connectivity index (χ1n) is 52.4. The van der Waals surface area contributed by atoms with E-state index in [4.69, 9.17) is 68.7 Å². The number of carbonyl (C=O) groups is 3. The zero-order valence-electron chi connectivity index (χ0n) is 90.4. The lowest BCUT2D eigenvalue weighted by atomic mass is 9.56. The van der Waals surface area contributed by atoms with Crippen molar-refractivity contribution in [2.45, 2.75) is 308 Å². The Labute approximate surface area is 863 Å². The highest BCUT2D eigenvalue weighted by Crippen LogP contribution is 2.39. The van der Waals surface area contributed by atoms with Crippen LogP contribution in [0.15, 0.2) is 35.6 Å². The summed E-state index contributed by atoms with van der Waals surface area (Å²) in [5.74, 6) is 4.82. The van der Waals surface area contributed by atoms with Crippen molar-refractivity contribution < 1.29 is 60.6 Å². The van der Waals surface area contributed by atoms with E-state index in [1.807, 2.05) is 111 Å². The summed E-state index contributed by atoms with van der Waals surface area (Å²) in [5, 5.41) is 57.1. The first kappa shape index (κ1) is 112. The van der Waals surface area contributed by atoms with E-state index in [-0.39, 0.29) is 115 Å². The van der Waals surface area contributed by atoms with Gasteiger partial charge in [-0.1, -0.05) is 101 Å². The van der Waals surface area contributed by atoms with Gasteiger partial charge in [-0.3, -0.25) is 0 Å². The molecule has 42 nitrogen and oxygen atoms in total. The van der Waals surface area contributed by atoms with Gasteiger partial charge in [-0.25, -0.2) is 52.6 Å². The van der Waals surface area contributed by atoms with Crippen LogP contribution in [0.25, 0.3) is 28.2 Å². The summed E-state index contributed by atoms with van der Waals surface area (Å²) in [6.07, 6.45) is 23.9. The van der Waals surface area contributed by atoms with Gasteiger partial charge in [-0.05, 0) is 275 Å². The molecule has 5 saturated heterocycles. The minimum Gasteiger partial charge on any atom is -0.459 e. The molecule has 5 fully saturated rings. The van der Waals surface area contributed by atoms with E-state index in [1.54, 1.807) is 37.4 Å². The molecule has 0 aliphatic carbocycles. The van der Waals surface area contributed by atoms with Gasteiger partial charge in [0.2, 0.25) is 0 Å². The Hall–Kier alpha value is -10.5. The lowest BCUT2D eigenvalue weighted by Gasteiger charge is -2.39. The van der Waals surface area contributed by atoms with Crippen molar-refractivity contribution in [3.8, 4) is 30.1 Å². The van der Waals surface area contributed by atoms with Gasteiger partial charge in [0.05, 0.1) is 98.6 Å². The SMILES string of the molecule is CC1CN(C(=O)OC(C)(C)C)CCC1C=O.CCC[C@H](C)Oc1nc(N)c2ncc(C(O)C3CCNCC3C)n2n1.CCC[C@H](C)Oc1nc(N)c2ncc(CC3CCNCC3C)n2n1.CCC[C@H](C)Oc1nc(N)c2ncc(CC3CCNCC3C)n2n1.[2H]N(C[B][B])c1nc(O[C@@H](C)CCC)nn2c(Br)cnc12.[2H]N(C[B][B])c1nc(O[C@@H](C)CCC)nn2c(C(O)C3CCN(C(=O)OC(C)(C)C)CC3C)cnc12. The summed E-state index contributed by atoms with van der Waals surface area (Å²) in [7, 11) is 13.6. The zero-order valence-corrected chi connectivity index (χ0v) is 90.0. The van der Waals surface area contributed by atoms with Gasteiger partial charge in [0.25, 0.3) is 0 Å². The minimum atomic E-state index is -0.889. The number of nitrogens with two attached hydrogens (primary N) is 3. The van der Waals surface area contributed by atoms with Crippen molar-refractivity contribution in [3.05, 3.63) is 58.4 Å². The molecule has 786 valence electrons. The summed E-state index contributed by atoms with van der Waals surface area (Å²) in [5.41, 5.74) is 22.8. The van der Waals surface area contributed by atoms with Crippen LogP contribution in [0.3, 0.4) is 0 Å². The highest BCUT2D eigenvalue weighted by Gasteiger charge is 2.39. The number of likely N-dealkylation sites (tertiary alicyclic amines) is 2. The Morgan fingerprint density at radius 1 is 0.479 bits per heavy atom. The number of hydrogen-bond donors (Lipinski definition) is 10. The van der Waals surface area contributed by atoms with Gasteiger partial charge in [-0.15, -0.1) is 25.5 Å². The number of fused-ring (bicyclic) bond motifs is 5. The van der Waals surface area contributed by atoms with Gasteiger partial charge in [0, 0.05) is 47.6 Å². The van der Waals surface area contributed by atoms with E-state index in [9.17, 15) is 24.6 Å². The van der Waals surface area contributed by atoms with Gasteiger partial charge >= 0.3 is 42.2 Å². The number of imidazole rings is 5. The number of aliphatic hydroxyl groups excluding tert-OH is 2. The number of aldehydes is 1. The molecule has 13 N–H and O–H groups in total.